The number of rotatable bonds is 6. The van der Waals surface area contributed by atoms with Crippen LogP contribution in [0, 0.1) is 20.2 Å². The average Bonchev–Trinajstić information content (AvgIpc) is 3.46. The number of piperazine rings is 1. The van der Waals surface area contributed by atoms with Gasteiger partial charge in [-0.1, -0.05) is 24.3 Å². The van der Waals surface area contributed by atoms with Crippen molar-refractivity contribution in [3.63, 3.8) is 0 Å². The Hall–Kier alpha value is -5.73. The van der Waals surface area contributed by atoms with Gasteiger partial charge in [-0.15, -0.1) is 0 Å². The van der Waals surface area contributed by atoms with Gasteiger partial charge in [-0.05, 0) is 42.0 Å². The average molecular weight is 610 g/mol. The van der Waals surface area contributed by atoms with Crippen LogP contribution in [-0.4, -0.2) is 62.8 Å². The molecule has 5 rings (SSSR count). The number of amides is 2. The number of benzene rings is 3. The van der Waals surface area contributed by atoms with Gasteiger partial charge in [0.1, 0.15) is 5.75 Å². The summed E-state index contributed by atoms with van der Waals surface area (Å²) in [5, 5.41) is 22.6. The van der Waals surface area contributed by atoms with Crippen LogP contribution in [0.25, 0.3) is 22.5 Å². The van der Waals surface area contributed by atoms with Gasteiger partial charge in [0.2, 0.25) is 0 Å². The molecular weight excluding hydrogens is 587 g/mol. The first-order valence-corrected chi connectivity index (χ1v) is 13.1. The number of nitrogens with zero attached hydrogens (tertiary/aromatic N) is 4. The van der Waals surface area contributed by atoms with Crippen molar-refractivity contribution in [2.45, 2.75) is 6.18 Å². The Morgan fingerprint density at radius 2 is 1.43 bits per heavy atom. The Labute approximate surface area is 246 Å². The van der Waals surface area contributed by atoms with Crippen molar-refractivity contribution in [1.82, 2.24) is 14.8 Å². The van der Waals surface area contributed by atoms with Crippen molar-refractivity contribution in [3.8, 4) is 28.3 Å². The molecule has 0 radical (unpaired) electrons. The van der Waals surface area contributed by atoms with E-state index >= 15 is 0 Å². The highest BCUT2D eigenvalue weighted by Crippen LogP contribution is 2.36. The maximum atomic E-state index is 13.8. The third-order valence-electron chi connectivity index (χ3n) is 7.02. The van der Waals surface area contributed by atoms with Crippen molar-refractivity contribution < 1.29 is 37.3 Å². The molecule has 0 atom stereocenters. The summed E-state index contributed by atoms with van der Waals surface area (Å²) in [5.74, 6) is -0.396. The summed E-state index contributed by atoms with van der Waals surface area (Å²) in [7, 11) is 0. The van der Waals surface area contributed by atoms with Gasteiger partial charge in [0.15, 0.2) is 0 Å². The molecule has 4 aromatic rings. The molecular formula is C29H22F3N5O7. The lowest BCUT2D eigenvalue weighted by Gasteiger charge is -2.34. The number of H-pyrrole nitrogens is 1. The molecule has 1 saturated heterocycles. The van der Waals surface area contributed by atoms with E-state index in [1.807, 2.05) is 0 Å². The van der Waals surface area contributed by atoms with Gasteiger partial charge in [0.05, 0.1) is 32.2 Å². The highest BCUT2D eigenvalue weighted by molar-refractivity contribution is 6.02. The lowest BCUT2D eigenvalue weighted by atomic mass is 10.0. The summed E-state index contributed by atoms with van der Waals surface area (Å²) < 4.78 is 44.6. The Bertz CT molecular complexity index is 1730. The minimum absolute atomic E-state index is 0.0658. The number of nitro benzene ring substituents is 2. The second-order valence-electron chi connectivity index (χ2n) is 9.72. The lowest BCUT2D eigenvalue weighted by Crippen LogP contribution is -2.51. The van der Waals surface area contributed by atoms with Crippen LogP contribution in [-0.2, 0) is 6.18 Å². The summed E-state index contributed by atoms with van der Waals surface area (Å²) in [4.78, 5) is 53.6. The van der Waals surface area contributed by atoms with Gasteiger partial charge in [-0.3, -0.25) is 25.0 Å². The maximum Gasteiger partial charge on any atom is 0.416 e. The van der Waals surface area contributed by atoms with E-state index in [4.69, 9.17) is 4.74 Å². The Morgan fingerprint density at radius 3 is 2.02 bits per heavy atom. The molecule has 12 nitrogen and oxygen atoms in total. The first kappa shape index (κ1) is 29.8. The number of nitrogens with one attached hydrogen (secondary N) is 1. The summed E-state index contributed by atoms with van der Waals surface area (Å²) in [6, 6.07) is 16.5. The van der Waals surface area contributed by atoms with E-state index in [9.17, 15) is 43.0 Å². The van der Waals surface area contributed by atoms with Gasteiger partial charge < -0.3 is 19.5 Å². The van der Waals surface area contributed by atoms with Crippen LogP contribution in [0.3, 0.4) is 0 Å². The third kappa shape index (κ3) is 6.21. The molecule has 2 amide bonds. The number of halogens is 3. The Kier molecular flexibility index (Phi) is 8.03. The number of aromatic amines is 1. The fourth-order valence-corrected chi connectivity index (χ4v) is 4.74. The standard InChI is InChI=1S/C29H22F3N5O7/c30-29(31,32)19-7-5-18(6-8-19)24-17-23(26(33-24)22-3-1-2-4-25(22)37(42)43)27(38)34-13-15-35(16-14-34)28(39)44-21-11-9-20(10-12-21)36(40)41/h1-12,17,33H,13-16H2. The van der Waals surface area contributed by atoms with Crippen LogP contribution in [0.5, 0.6) is 5.75 Å². The highest BCUT2D eigenvalue weighted by Gasteiger charge is 2.32. The second-order valence-corrected chi connectivity index (χ2v) is 9.72. The van der Waals surface area contributed by atoms with Gasteiger partial charge >= 0.3 is 12.3 Å². The molecule has 1 aliphatic heterocycles. The molecule has 0 unspecified atom stereocenters. The molecule has 2 heterocycles. The molecule has 1 N–H and O–H groups in total. The van der Waals surface area contributed by atoms with Crippen molar-refractivity contribution in [2.24, 2.45) is 0 Å². The SMILES string of the molecule is O=C(Oc1ccc([N+](=O)[O-])cc1)N1CCN(C(=O)c2cc(-c3ccc(C(F)(F)F)cc3)[nH]c2-c2ccccc2[N+](=O)[O-])CC1. The summed E-state index contributed by atoms with van der Waals surface area (Å²) in [5.41, 5.74) is -0.383. The summed E-state index contributed by atoms with van der Waals surface area (Å²) in [6.45, 7) is 0.361. The van der Waals surface area contributed by atoms with E-state index in [1.165, 1.54) is 70.5 Å². The van der Waals surface area contributed by atoms with Gasteiger partial charge in [-0.2, -0.15) is 13.2 Å². The van der Waals surface area contributed by atoms with Crippen molar-refractivity contribution >= 4 is 23.4 Å². The minimum Gasteiger partial charge on any atom is -0.410 e. The highest BCUT2D eigenvalue weighted by atomic mass is 19.4. The molecule has 1 aromatic heterocycles. The monoisotopic (exact) mass is 609 g/mol. The second kappa shape index (κ2) is 11.9. The number of para-hydroxylation sites is 1. The molecule has 3 aromatic carbocycles. The van der Waals surface area contributed by atoms with E-state index in [0.29, 0.717) is 5.56 Å². The number of hydrogen-bond acceptors (Lipinski definition) is 7. The van der Waals surface area contributed by atoms with E-state index in [2.05, 4.69) is 4.98 Å². The minimum atomic E-state index is -4.54. The first-order chi connectivity index (χ1) is 20.9. The van der Waals surface area contributed by atoms with Gasteiger partial charge in [0.25, 0.3) is 17.3 Å². The number of ether oxygens (including phenoxy) is 1. The van der Waals surface area contributed by atoms with E-state index in [1.54, 1.807) is 6.07 Å². The smallest absolute Gasteiger partial charge is 0.410 e. The zero-order valence-corrected chi connectivity index (χ0v) is 22.6. The number of carbonyl (C=O) groups excluding carboxylic acids is 2. The van der Waals surface area contributed by atoms with Crippen molar-refractivity contribution in [2.75, 3.05) is 26.2 Å². The molecule has 0 bridgehead atoms. The summed E-state index contributed by atoms with van der Waals surface area (Å²) >= 11 is 0. The van der Waals surface area contributed by atoms with Crippen molar-refractivity contribution in [1.29, 1.82) is 0 Å². The zero-order chi connectivity index (χ0) is 31.6. The molecule has 226 valence electrons. The first-order valence-electron chi connectivity index (χ1n) is 13.1. The molecule has 1 fully saturated rings. The number of nitro groups is 2. The van der Waals surface area contributed by atoms with E-state index < -0.39 is 33.6 Å². The number of aromatic nitrogens is 1. The fraction of sp³-hybridized carbons (Fsp3) is 0.172. The summed E-state index contributed by atoms with van der Waals surface area (Å²) in [6.07, 6.45) is -5.25. The predicted molar refractivity (Wildman–Crippen MR) is 150 cm³/mol. The Balaban J connectivity index is 1.38. The zero-order valence-electron chi connectivity index (χ0n) is 22.6. The molecule has 0 spiro atoms. The topological polar surface area (TPSA) is 152 Å². The molecule has 1 aliphatic rings. The molecule has 44 heavy (non-hydrogen) atoms. The van der Waals surface area contributed by atoms with Crippen LogP contribution >= 0.6 is 0 Å². The normalized spacial score (nSPS) is 13.4. The van der Waals surface area contributed by atoms with Crippen LogP contribution in [0.4, 0.5) is 29.3 Å². The molecule has 0 aliphatic carbocycles. The molecule has 0 saturated carbocycles. The largest absolute Gasteiger partial charge is 0.416 e. The van der Waals surface area contributed by atoms with Crippen LogP contribution in [0.15, 0.2) is 78.9 Å². The van der Waals surface area contributed by atoms with E-state index in [-0.39, 0.29) is 65.8 Å². The van der Waals surface area contributed by atoms with Crippen molar-refractivity contribution in [3.05, 3.63) is 110 Å². The van der Waals surface area contributed by atoms with Gasteiger partial charge in [0, 0.05) is 50.1 Å². The van der Waals surface area contributed by atoms with Crippen LogP contribution in [0.2, 0.25) is 0 Å². The predicted octanol–water partition coefficient (Wildman–Crippen LogP) is 6.14. The van der Waals surface area contributed by atoms with Crippen LogP contribution in [0.1, 0.15) is 15.9 Å². The van der Waals surface area contributed by atoms with Gasteiger partial charge in [-0.25, -0.2) is 4.79 Å². The quantitative estimate of drug-likeness (QED) is 0.204. The van der Waals surface area contributed by atoms with Crippen LogP contribution < -0.4 is 4.74 Å². The third-order valence-corrected chi connectivity index (χ3v) is 7.02. The number of alkyl halides is 3. The fourth-order valence-electron chi connectivity index (χ4n) is 4.74. The van der Waals surface area contributed by atoms with E-state index in [0.717, 1.165) is 12.1 Å². The Morgan fingerprint density at radius 1 is 0.818 bits per heavy atom. The lowest BCUT2D eigenvalue weighted by molar-refractivity contribution is -0.384. The molecule has 15 heteroatoms. The number of hydrogen-bond donors (Lipinski definition) is 1. The maximum absolute atomic E-state index is 13.8. The number of carbonyl (C=O) groups is 2. The number of non-ortho nitro benzene ring substituents is 1.